The van der Waals surface area contributed by atoms with Gasteiger partial charge >= 0.3 is 0 Å². The second kappa shape index (κ2) is 6.64. The van der Waals surface area contributed by atoms with Gasteiger partial charge < -0.3 is 14.6 Å². The Labute approximate surface area is 129 Å². The monoisotopic (exact) mass is 302 g/mol. The van der Waals surface area contributed by atoms with Crippen LogP contribution >= 0.6 is 0 Å². The van der Waals surface area contributed by atoms with Crippen LogP contribution in [0.15, 0.2) is 29.2 Å². The first-order valence-corrected chi connectivity index (χ1v) is 7.55. The van der Waals surface area contributed by atoms with Gasteiger partial charge in [0.15, 0.2) is 0 Å². The zero-order valence-electron chi connectivity index (χ0n) is 13.5. The summed E-state index contributed by atoms with van der Waals surface area (Å²) in [5.41, 5.74) is 0.660. The molecule has 0 saturated carbocycles. The van der Waals surface area contributed by atoms with Crippen LogP contribution in [-0.2, 0) is 7.05 Å². The second-order valence-corrected chi connectivity index (χ2v) is 5.38. The molecule has 1 aromatic carbocycles. The fourth-order valence-electron chi connectivity index (χ4n) is 2.29. The topological polar surface area (TPSA) is 60.3 Å². The van der Waals surface area contributed by atoms with E-state index in [0.29, 0.717) is 17.7 Å². The van der Waals surface area contributed by atoms with E-state index in [9.17, 15) is 9.59 Å². The minimum absolute atomic E-state index is 0.0302. The molecular weight excluding hydrogens is 280 g/mol. The summed E-state index contributed by atoms with van der Waals surface area (Å²) in [6.07, 6.45) is 2.40. The van der Waals surface area contributed by atoms with E-state index in [4.69, 9.17) is 4.74 Å². The Kier molecular flexibility index (Phi) is 4.85. The summed E-state index contributed by atoms with van der Waals surface area (Å²) in [6, 6.07) is 5.38. The molecule has 0 bridgehead atoms. The number of ether oxygens (including phenoxy) is 1. The summed E-state index contributed by atoms with van der Waals surface area (Å²) >= 11 is 0. The van der Waals surface area contributed by atoms with Crippen molar-refractivity contribution in [2.45, 2.75) is 33.2 Å². The normalized spacial score (nSPS) is 12.2. The number of nitrogens with zero attached hydrogens (tertiary/aromatic N) is 1. The summed E-state index contributed by atoms with van der Waals surface area (Å²) in [5.74, 6) is 0.297. The molecular formula is C17H22N2O3. The molecule has 5 nitrogen and oxygen atoms in total. The van der Waals surface area contributed by atoms with Crippen LogP contribution < -0.4 is 15.5 Å². The van der Waals surface area contributed by atoms with Crippen LogP contribution in [-0.4, -0.2) is 23.1 Å². The van der Waals surface area contributed by atoms with E-state index < -0.39 is 0 Å². The van der Waals surface area contributed by atoms with Crippen LogP contribution in [0, 0.1) is 0 Å². The number of benzene rings is 1. The van der Waals surface area contributed by atoms with Crippen molar-refractivity contribution in [2.75, 3.05) is 6.61 Å². The summed E-state index contributed by atoms with van der Waals surface area (Å²) in [7, 11) is 1.82. The SMILES string of the molecule is CCOc1ccc2c(c1)c(=O)c(C(=O)NC(C)CC)cn2C. The molecule has 0 aliphatic carbocycles. The van der Waals surface area contributed by atoms with E-state index in [1.54, 1.807) is 16.8 Å². The van der Waals surface area contributed by atoms with E-state index >= 15 is 0 Å². The first kappa shape index (κ1) is 16.1. The molecule has 0 aliphatic heterocycles. The minimum Gasteiger partial charge on any atom is -0.494 e. The van der Waals surface area contributed by atoms with E-state index in [-0.39, 0.29) is 22.9 Å². The van der Waals surface area contributed by atoms with E-state index in [1.165, 1.54) is 0 Å². The molecule has 1 N–H and O–H groups in total. The Bertz CT molecular complexity index is 749. The number of carbonyl (C=O) groups is 1. The van der Waals surface area contributed by atoms with Crippen LogP contribution in [0.2, 0.25) is 0 Å². The number of carbonyl (C=O) groups excluding carboxylic acids is 1. The number of pyridine rings is 1. The molecule has 0 fully saturated rings. The van der Waals surface area contributed by atoms with Gasteiger partial charge in [-0.05, 0) is 38.5 Å². The van der Waals surface area contributed by atoms with Gasteiger partial charge in [-0.15, -0.1) is 0 Å². The van der Waals surface area contributed by atoms with Gasteiger partial charge in [-0.1, -0.05) is 6.92 Å². The zero-order chi connectivity index (χ0) is 16.3. The second-order valence-electron chi connectivity index (χ2n) is 5.38. The fraction of sp³-hybridized carbons (Fsp3) is 0.412. The summed E-state index contributed by atoms with van der Waals surface area (Å²) < 4.78 is 7.23. The van der Waals surface area contributed by atoms with Crippen LogP contribution in [0.5, 0.6) is 5.75 Å². The molecule has 2 rings (SSSR count). The third-order valence-electron chi connectivity index (χ3n) is 3.71. The van der Waals surface area contributed by atoms with Gasteiger partial charge in [0, 0.05) is 19.3 Å². The number of fused-ring (bicyclic) bond motifs is 1. The van der Waals surface area contributed by atoms with Crippen molar-refractivity contribution in [3.8, 4) is 5.75 Å². The van der Waals surface area contributed by atoms with Gasteiger partial charge in [0.05, 0.1) is 17.5 Å². The lowest BCUT2D eigenvalue weighted by atomic mass is 10.1. The number of aryl methyl sites for hydroxylation is 1. The smallest absolute Gasteiger partial charge is 0.256 e. The highest BCUT2D eigenvalue weighted by Gasteiger charge is 2.16. The first-order chi connectivity index (χ1) is 10.5. The quantitative estimate of drug-likeness (QED) is 0.923. The Morgan fingerprint density at radius 3 is 2.73 bits per heavy atom. The lowest BCUT2D eigenvalue weighted by Crippen LogP contribution is -2.35. The molecule has 0 saturated heterocycles. The Morgan fingerprint density at radius 1 is 1.36 bits per heavy atom. The van der Waals surface area contributed by atoms with Gasteiger partial charge in [-0.2, -0.15) is 0 Å². The largest absolute Gasteiger partial charge is 0.494 e. The highest BCUT2D eigenvalue weighted by atomic mass is 16.5. The number of aromatic nitrogens is 1. The molecule has 5 heteroatoms. The van der Waals surface area contributed by atoms with Crippen molar-refractivity contribution in [1.29, 1.82) is 0 Å². The lowest BCUT2D eigenvalue weighted by molar-refractivity contribution is 0.0937. The third-order valence-corrected chi connectivity index (χ3v) is 3.71. The number of amides is 1. The zero-order valence-corrected chi connectivity index (χ0v) is 13.5. The molecule has 118 valence electrons. The predicted molar refractivity (Wildman–Crippen MR) is 87.6 cm³/mol. The molecule has 1 aromatic heterocycles. The summed E-state index contributed by atoms with van der Waals surface area (Å²) in [5, 5.41) is 3.33. The lowest BCUT2D eigenvalue weighted by Gasteiger charge is -2.13. The first-order valence-electron chi connectivity index (χ1n) is 7.55. The maximum Gasteiger partial charge on any atom is 0.256 e. The number of rotatable bonds is 5. The maximum atomic E-state index is 12.6. The van der Waals surface area contributed by atoms with E-state index in [1.807, 2.05) is 40.0 Å². The molecule has 2 aromatic rings. The number of hydrogen-bond acceptors (Lipinski definition) is 3. The highest BCUT2D eigenvalue weighted by Crippen LogP contribution is 2.18. The molecule has 1 atom stereocenters. The molecule has 0 radical (unpaired) electrons. The van der Waals surface area contributed by atoms with Gasteiger partial charge in [-0.25, -0.2) is 0 Å². The van der Waals surface area contributed by atoms with Crippen molar-refractivity contribution in [3.63, 3.8) is 0 Å². The van der Waals surface area contributed by atoms with Crippen molar-refractivity contribution < 1.29 is 9.53 Å². The van der Waals surface area contributed by atoms with Crippen molar-refractivity contribution in [2.24, 2.45) is 7.05 Å². The Morgan fingerprint density at radius 2 is 2.09 bits per heavy atom. The summed E-state index contributed by atoms with van der Waals surface area (Å²) in [6.45, 7) is 6.31. The average molecular weight is 302 g/mol. The fourth-order valence-corrected chi connectivity index (χ4v) is 2.29. The summed E-state index contributed by atoms with van der Waals surface area (Å²) in [4.78, 5) is 24.9. The predicted octanol–water partition coefficient (Wildman–Crippen LogP) is 2.47. The standard InChI is InChI=1S/C17H22N2O3/c1-5-11(3)18-17(21)14-10-19(4)15-8-7-12(22-6-2)9-13(15)16(14)20/h7-11H,5-6H2,1-4H3,(H,18,21). The van der Waals surface area contributed by atoms with Gasteiger partial charge in [0.1, 0.15) is 11.3 Å². The van der Waals surface area contributed by atoms with Crippen molar-refractivity contribution in [1.82, 2.24) is 9.88 Å². The molecule has 1 heterocycles. The van der Waals surface area contributed by atoms with Crippen LogP contribution in [0.4, 0.5) is 0 Å². The van der Waals surface area contributed by atoms with Gasteiger partial charge in [0.25, 0.3) is 5.91 Å². The molecule has 1 amide bonds. The maximum absolute atomic E-state index is 12.6. The Hall–Kier alpha value is -2.30. The van der Waals surface area contributed by atoms with Crippen LogP contribution in [0.25, 0.3) is 10.9 Å². The van der Waals surface area contributed by atoms with Crippen LogP contribution in [0.1, 0.15) is 37.6 Å². The third kappa shape index (κ3) is 3.13. The van der Waals surface area contributed by atoms with Crippen molar-refractivity contribution in [3.05, 3.63) is 40.2 Å². The average Bonchev–Trinajstić information content (AvgIpc) is 2.50. The van der Waals surface area contributed by atoms with Gasteiger partial charge in [-0.3, -0.25) is 9.59 Å². The molecule has 0 aliphatic rings. The van der Waals surface area contributed by atoms with E-state index in [2.05, 4.69) is 5.32 Å². The molecule has 22 heavy (non-hydrogen) atoms. The van der Waals surface area contributed by atoms with Gasteiger partial charge in [0.2, 0.25) is 5.43 Å². The van der Waals surface area contributed by atoms with Crippen molar-refractivity contribution >= 4 is 16.8 Å². The molecule has 1 unspecified atom stereocenters. The Balaban J connectivity index is 2.54. The van der Waals surface area contributed by atoms with E-state index in [0.717, 1.165) is 11.9 Å². The number of hydrogen-bond donors (Lipinski definition) is 1. The van der Waals surface area contributed by atoms with Crippen LogP contribution in [0.3, 0.4) is 0 Å². The number of nitrogens with one attached hydrogen (secondary N) is 1. The minimum atomic E-state index is -0.335. The highest BCUT2D eigenvalue weighted by molar-refractivity contribution is 5.97. The molecule has 0 spiro atoms.